The van der Waals surface area contributed by atoms with E-state index in [9.17, 15) is 13.6 Å². The molecule has 16 heavy (non-hydrogen) atoms. The van der Waals surface area contributed by atoms with Crippen molar-refractivity contribution in [3.8, 4) is 5.75 Å². The standard InChI is InChI=1S/C10H9BrF2O3/c1-2-5-3-6(9(14)15)4-7(11)8(5)16-10(12)13/h3-4,10H,2H2,1H3,(H,14,15). The van der Waals surface area contributed by atoms with Crippen LogP contribution in [0, 0.1) is 0 Å². The summed E-state index contributed by atoms with van der Waals surface area (Å²) in [5.41, 5.74) is 0.456. The summed E-state index contributed by atoms with van der Waals surface area (Å²) in [6, 6.07) is 2.56. The van der Waals surface area contributed by atoms with E-state index in [2.05, 4.69) is 20.7 Å². The predicted octanol–water partition coefficient (Wildman–Crippen LogP) is 3.31. The first-order valence-corrected chi connectivity index (χ1v) is 5.25. The summed E-state index contributed by atoms with van der Waals surface area (Å²) >= 11 is 3.01. The van der Waals surface area contributed by atoms with Crippen molar-refractivity contribution >= 4 is 21.9 Å². The minimum atomic E-state index is -2.93. The number of rotatable bonds is 4. The van der Waals surface area contributed by atoms with Crippen LogP contribution >= 0.6 is 15.9 Å². The monoisotopic (exact) mass is 294 g/mol. The van der Waals surface area contributed by atoms with Gasteiger partial charge < -0.3 is 9.84 Å². The normalized spacial score (nSPS) is 10.6. The number of hydrogen-bond acceptors (Lipinski definition) is 2. The molecule has 1 aromatic carbocycles. The highest BCUT2D eigenvalue weighted by molar-refractivity contribution is 9.10. The predicted molar refractivity (Wildman–Crippen MR) is 57.1 cm³/mol. The quantitative estimate of drug-likeness (QED) is 0.927. The number of halogens is 3. The van der Waals surface area contributed by atoms with Gasteiger partial charge in [0, 0.05) is 0 Å². The Morgan fingerprint density at radius 3 is 2.62 bits per heavy atom. The van der Waals surface area contributed by atoms with Crippen molar-refractivity contribution in [2.24, 2.45) is 0 Å². The average molecular weight is 295 g/mol. The largest absolute Gasteiger partial charge is 0.478 e. The molecular formula is C10H9BrF2O3. The SMILES string of the molecule is CCc1cc(C(=O)O)cc(Br)c1OC(F)F. The van der Waals surface area contributed by atoms with Crippen molar-refractivity contribution in [1.29, 1.82) is 0 Å². The lowest BCUT2D eigenvalue weighted by Crippen LogP contribution is -2.07. The Hall–Kier alpha value is -1.17. The second kappa shape index (κ2) is 5.25. The summed E-state index contributed by atoms with van der Waals surface area (Å²) in [6.45, 7) is -1.21. The molecule has 0 aromatic heterocycles. The smallest absolute Gasteiger partial charge is 0.387 e. The number of benzene rings is 1. The number of hydrogen-bond donors (Lipinski definition) is 1. The van der Waals surface area contributed by atoms with Crippen molar-refractivity contribution in [1.82, 2.24) is 0 Å². The number of alkyl halides is 2. The number of aromatic carboxylic acids is 1. The number of aryl methyl sites for hydroxylation is 1. The molecule has 1 rings (SSSR count). The maximum Gasteiger partial charge on any atom is 0.387 e. The first-order chi connectivity index (χ1) is 7.45. The Labute approximate surface area is 99.2 Å². The van der Waals surface area contributed by atoms with Crippen LogP contribution in [0.4, 0.5) is 8.78 Å². The van der Waals surface area contributed by atoms with E-state index in [1.807, 2.05) is 0 Å². The third-order valence-electron chi connectivity index (χ3n) is 1.96. The lowest BCUT2D eigenvalue weighted by Gasteiger charge is -2.12. The van der Waals surface area contributed by atoms with E-state index >= 15 is 0 Å². The van der Waals surface area contributed by atoms with Crippen LogP contribution in [0.15, 0.2) is 16.6 Å². The molecule has 3 nitrogen and oxygen atoms in total. The Bertz CT molecular complexity index is 407. The van der Waals surface area contributed by atoms with Gasteiger partial charge in [-0.05, 0) is 40.0 Å². The van der Waals surface area contributed by atoms with Crippen LogP contribution in [0.5, 0.6) is 5.75 Å². The Morgan fingerprint density at radius 2 is 2.19 bits per heavy atom. The summed E-state index contributed by atoms with van der Waals surface area (Å²) < 4.78 is 28.8. The first kappa shape index (κ1) is 12.9. The first-order valence-electron chi connectivity index (χ1n) is 4.46. The van der Waals surface area contributed by atoms with E-state index < -0.39 is 12.6 Å². The third kappa shape index (κ3) is 2.91. The molecule has 0 heterocycles. The van der Waals surface area contributed by atoms with Gasteiger partial charge in [0.2, 0.25) is 0 Å². The minimum Gasteiger partial charge on any atom is -0.478 e. The van der Waals surface area contributed by atoms with Gasteiger partial charge >= 0.3 is 12.6 Å². The highest BCUT2D eigenvalue weighted by atomic mass is 79.9. The molecule has 0 spiro atoms. The molecule has 0 aliphatic heterocycles. The summed E-state index contributed by atoms with van der Waals surface area (Å²) in [4.78, 5) is 10.7. The van der Waals surface area contributed by atoms with Gasteiger partial charge in [-0.2, -0.15) is 8.78 Å². The zero-order valence-electron chi connectivity index (χ0n) is 8.34. The van der Waals surface area contributed by atoms with Crippen molar-refractivity contribution in [3.05, 3.63) is 27.7 Å². The molecule has 0 bridgehead atoms. The van der Waals surface area contributed by atoms with Crippen LogP contribution in [-0.2, 0) is 6.42 Å². The molecule has 0 aliphatic rings. The van der Waals surface area contributed by atoms with Gasteiger partial charge in [0.05, 0.1) is 10.0 Å². The van der Waals surface area contributed by atoms with Gasteiger partial charge in [0.15, 0.2) is 0 Å². The highest BCUT2D eigenvalue weighted by Crippen LogP contribution is 2.32. The highest BCUT2D eigenvalue weighted by Gasteiger charge is 2.16. The fourth-order valence-electron chi connectivity index (χ4n) is 1.26. The maximum atomic E-state index is 12.1. The molecule has 0 atom stereocenters. The van der Waals surface area contributed by atoms with Gasteiger partial charge in [-0.1, -0.05) is 6.92 Å². The van der Waals surface area contributed by atoms with Gasteiger partial charge in [0.25, 0.3) is 0 Å². The molecule has 88 valence electrons. The van der Waals surface area contributed by atoms with E-state index in [0.717, 1.165) is 0 Å². The number of carbonyl (C=O) groups is 1. The zero-order chi connectivity index (χ0) is 12.3. The summed E-state index contributed by atoms with van der Waals surface area (Å²) in [7, 11) is 0. The fourth-order valence-corrected chi connectivity index (χ4v) is 1.85. The number of carboxylic acid groups (broad SMARTS) is 1. The van der Waals surface area contributed by atoms with E-state index in [1.54, 1.807) is 6.92 Å². The molecule has 1 N–H and O–H groups in total. The molecule has 0 amide bonds. The van der Waals surface area contributed by atoms with Crippen LogP contribution in [-0.4, -0.2) is 17.7 Å². The summed E-state index contributed by atoms with van der Waals surface area (Å²) in [5.74, 6) is -1.12. The minimum absolute atomic E-state index is 0.0116. The van der Waals surface area contributed by atoms with Crippen molar-refractivity contribution in [3.63, 3.8) is 0 Å². The van der Waals surface area contributed by atoms with Gasteiger partial charge in [-0.25, -0.2) is 4.79 Å². The maximum absolute atomic E-state index is 12.1. The Kier molecular flexibility index (Phi) is 4.23. The molecule has 0 fully saturated rings. The van der Waals surface area contributed by atoms with Crippen LogP contribution in [0.2, 0.25) is 0 Å². The number of carboxylic acids is 1. The lowest BCUT2D eigenvalue weighted by molar-refractivity contribution is -0.0509. The van der Waals surface area contributed by atoms with Crippen molar-refractivity contribution in [2.75, 3.05) is 0 Å². The van der Waals surface area contributed by atoms with Gasteiger partial charge in [-0.3, -0.25) is 0 Å². The second-order valence-corrected chi connectivity index (χ2v) is 3.84. The average Bonchev–Trinajstić information content (AvgIpc) is 2.19. The number of ether oxygens (including phenoxy) is 1. The van der Waals surface area contributed by atoms with E-state index in [0.29, 0.717) is 12.0 Å². The molecule has 0 unspecified atom stereocenters. The topological polar surface area (TPSA) is 46.5 Å². The molecule has 0 radical (unpaired) electrons. The summed E-state index contributed by atoms with van der Waals surface area (Å²) in [6.07, 6.45) is 0.405. The molecule has 0 saturated carbocycles. The summed E-state index contributed by atoms with van der Waals surface area (Å²) in [5, 5.41) is 8.79. The second-order valence-electron chi connectivity index (χ2n) is 2.98. The lowest BCUT2D eigenvalue weighted by atomic mass is 10.1. The zero-order valence-corrected chi connectivity index (χ0v) is 9.92. The molecule has 1 aromatic rings. The third-order valence-corrected chi connectivity index (χ3v) is 2.54. The van der Waals surface area contributed by atoms with E-state index in [-0.39, 0.29) is 15.8 Å². The van der Waals surface area contributed by atoms with Crippen LogP contribution in [0.1, 0.15) is 22.8 Å². The molecule has 6 heteroatoms. The molecule has 0 aliphatic carbocycles. The Morgan fingerprint density at radius 1 is 1.56 bits per heavy atom. The van der Waals surface area contributed by atoms with Crippen LogP contribution < -0.4 is 4.74 Å². The molecule has 0 saturated heterocycles. The Balaban J connectivity index is 3.23. The van der Waals surface area contributed by atoms with E-state index in [1.165, 1.54) is 12.1 Å². The van der Waals surface area contributed by atoms with Gasteiger partial charge in [0.1, 0.15) is 5.75 Å². The fraction of sp³-hybridized carbons (Fsp3) is 0.300. The van der Waals surface area contributed by atoms with E-state index in [4.69, 9.17) is 5.11 Å². The van der Waals surface area contributed by atoms with Gasteiger partial charge in [-0.15, -0.1) is 0 Å². The van der Waals surface area contributed by atoms with Crippen LogP contribution in [0.25, 0.3) is 0 Å². The molecular weight excluding hydrogens is 286 g/mol. The van der Waals surface area contributed by atoms with Crippen molar-refractivity contribution < 1.29 is 23.4 Å². The van der Waals surface area contributed by atoms with Crippen molar-refractivity contribution in [2.45, 2.75) is 20.0 Å². The van der Waals surface area contributed by atoms with Crippen LogP contribution in [0.3, 0.4) is 0 Å².